The van der Waals surface area contributed by atoms with Gasteiger partial charge in [-0.2, -0.15) is 5.06 Å². The molecule has 0 bridgehead atoms. The van der Waals surface area contributed by atoms with E-state index >= 15 is 0 Å². The van der Waals surface area contributed by atoms with Gasteiger partial charge in [0.1, 0.15) is 11.8 Å². The molecule has 1 aromatic carbocycles. The van der Waals surface area contributed by atoms with Crippen molar-refractivity contribution >= 4 is 24.0 Å². The normalized spacial score (nSPS) is 13.7. The Bertz CT molecular complexity index is 979. The molecule has 1 aliphatic rings. The lowest BCUT2D eigenvalue weighted by Gasteiger charge is -2.11. The zero-order valence-electron chi connectivity index (χ0n) is 23.8. The van der Waals surface area contributed by atoms with Crippen LogP contribution in [-0.2, 0) is 24.1 Å². The first-order valence-electron chi connectivity index (χ1n) is 12.9. The molecule has 0 radical (unpaired) electrons. The number of pyridine rings is 1. The number of urea groups is 1. The van der Waals surface area contributed by atoms with Gasteiger partial charge in [0, 0.05) is 18.8 Å². The van der Waals surface area contributed by atoms with Crippen molar-refractivity contribution < 1.29 is 34.0 Å². The van der Waals surface area contributed by atoms with E-state index in [1.54, 1.807) is 25.4 Å². The Kier molecular flexibility index (Phi) is 20.4. The fraction of sp³-hybridized carbons (Fsp3) is 0.429. The van der Waals surface area contributed by atoms with Crippen LogP contribution in [0.25, 0.3) is 6.08 Å². The highest BCUT2D eigenvalue weighted by Gasteiger charge is 2.42. The third-order valence-electron chi connectivity index (χ3n) is 4.99. The number of aliphatic carboxylic acids is 1. The lowest BCUT2D eigenvalue weighted by atomic mass is 10.1. The SMILES string of the molecule is CCC(=O)O.CCCCCCC(C)ON=O.CON1C(=O)C(=Cc2ccccc2)N(OC)C1=O.c1ccncc1. The molecule has 12 heteroatoms. The average molecular weight is 561 g/mol. The van der Waals surface area contributed by atoms with Crippen molar-refractivity contribution in [2.45, 2.75) is 65.4 Å². The van der Waals surface area contributed by atoms with E-state index in [2.05, 4.69) is 22.1 Å². The summed E-state index contributed by atoms with van der Waals surface area (Å²) >= 11 is 0. The molecule has 2 aromatic rings. The minimum atomic E-state index is -0.745. The molecule has 2 heterocycles. The number of carboxylic acid groups (broad SMARTS) is 1. The number of nitrogens with zero attached hydrogens (tertiary/aromatic N) is 4. The summed E-state index contributed by atoms with van der Waals surface area (Å²) in [6.07, 6.45) is 11.1. The van der Waals surface area contributed by atoms with Gasteiger partial charge in [-0.15, -0.1) is 9.97 Å². The van der Waals surface area contributed by atoms with Crippen LogP contribution in [0.1, 0.15) is 64.9 Å². The molecular weight excluding hydrogens is 520 g/mol. The first kappa shape index (κ1) is 35.8. The molecule has 1 fully saturated rings. The lowest BCUT2D eigenvalue weighted by molar-refractivity contribution is -0.152. The summed E-state index contributed by atoms with van der Waals surface area (Å²) in [5.41, 5.74) is 0.893. The van der Waals surface area contributed by atoms with Gasteiger partial charge in [0.2, 0.25) is 0 Å². The van der Waals surface area contributed by atoms with Gasteiger partial charge < -0.3 is 9.94 Å². The van der Waals surface area contributed by atoms with E-state index in [1.807, 2.05) is 55.5 Å². The fourth-order valence-corrected chi connectivity index (χ4v) is 2.93. The molecule has 0 aliphatic carbocycles. The number of carbonyl (C=O) groups is 3. The predicted molar refractivity (Wildman–Crippen MR) is 150 cm³/mol. The number of hydrogen-bond donors (Lipinski definition) is 1. The number of amides is 3. The molecule has 220 valence electrons. The maximum absolute atomic E-state index is 11.9. The highest BCUT2D eigenvalue weighted by atomic mass is 16.7. The van der Waals surface area contributed by atoms with Crippen molar-refractivity contribution in [2.75, 3.05) is 14.2 Å². The molecule has 3 rings (SSSR count). The molecule has 0 spiro atoms. The number of unbranched alkanes of at least 4 members (excludes halogenated alkanes) is 3. The van der Waals surface area contributed by atoms with Crippen LogP contribution in [0.5, 0.6) is 0 Å². The van der Waals surface area contributed by atoms with Gasteiger partial charge in [0.25, 0.3) is 0 Å². The van der Waals surface area contributed by atoms with Crippen LogP contribution in [0, 0.1) is 4.91 Å². The number of aromatic nitrogens is 1. The second kappa shape index (κ2) is 22.8. The van der Waals surface area contributed by atoms with Gasteiger partial charge in [-0.05, 0) is 43.5 Å². The van der Waals surface area contributed by atoms with Gasteiger partial charge in [0.15, 0.2) is 5.34 Å². The molecule has 1 N–H and O–H groups in total. The molecule has 3 amide bonds. The van der Waals surface area contributed by atoms with Gasteiger partial charge in [-0.25, -0.2) is 4.79 Å². The Labute approximate surface area is 235 Å². The number of hydroxylamine groups is 4. The quantitative estimate of drug-likeness (QED) is 0.114. The molecule has 0 saturated carbocycles. The third kappa shape index (κ3) is 15.3. The van der Waals surface area contributed by atoms with Crippen LogP contribution in [0.15, 0.2) is 72.0 Å². The van der Waals surface area contributed by atoms with Crippen LogP contribution in [-0.4, -0.2) is 58.4 Å². The third-order valence-corrected chi connectivity index (χ3v) is 4.99. The number of rotatable bonds is 11. The minimum absolute atomic E-state index is 0.00986. The smallest absolute Gasteiger partial charge is 0.380 e. The maximum atomic E-state index is 11.9. The maximum Gasteiger partial charge on any atom is 0.380 e. The van der Waals surface area contributed by atoms with E-state index in [4.69, 9.17) is 14.8 Å². The zero-order chi connectivity index (χ0) is 30.2. The molecular formula is C28H40N4O8. The van der Waals surface area contributed by atoms with Crippen molar-refractivity contribution in [2.24, 2.45) is 5.34 Å². The second-order valence-corrected chi connectivity index (χ2v) is 8.09. The molecule has 40 heavy (non-hydrogen) atoms. The van der Waals surface area contributed by atoms with Crippen LogP contribution >= 0.6 is 0 Å². The number of benzene rings is 1. The van der Waals surface area contributed by atoms with E-state index in [-0.39, 0.29) is 18.2 Å². The Balaban J connectivity index is 0.000000585. The van der Waals surface area contributed by atoms with E-state index in [0.29, 0.717) is 5.06 Å². The Hall–Kier alpha value is -4.16. The second-order valence-electron chi connectivity index (χ2n) is 8.09. The Morgan fingerprint density at radius 1 is 0.975 bits per heavy atom. The number of carboxylic acids is 1. The summed E-state index contributed by atoms with van der Waals surface area (Å²) < 4.78 is 0. The summed E-state index contributed by atoms with van der Waals surface area (Å²) in [7, 11) is 2.55. The highest BCUT2D eigenvalue weighted by Crippen LogP contribution is 2.23. The molecule has 1 aromatic heterocycles. The van der Waals surface area contributed by atoms with E-state index in [9.17, 15) is 19.3 Å². The summed E-state index contributed by atoms with van der Waals surface area (Å²) in [5, 5.41) is 11.6. The monoisotopic (exact) mass is 560 g/mol. The number of hydrogen-bond acceptors (Lipinski definition) is 9. The molecule has 1 atom stereocenters. The molecule has 1 saturated heterocycles. The van der Waals surface area contributed by atoms with Crippen molar-refractivity contribution in [1.82, 2.24) is 15.1 Å². The summed E-state index contributed by atoms with van der Waals surface area (Å²) in [6, 6.07) is 14.2. The van der Waals surface area contributed by atoms with E-state index in [1.165, 1.54) is 33.5 Å². The number of carbonyl (C=O) groups excluding carboxylic acids is 2. The molecule has 1 aliphatic heterocycles. The Morgan fingerprint density at radius 3 is 1.98 bits per heavy atom. The highest BCUT2D eigenvalue weighted by molar-refractivity contribution is 6.12. The van der Waals surface area contributed by atoms with Gasteiger partial charge in [-0.3, -0.25) is 24.2 Å². The van der Waals surface area contributed by atoms with Crippen molar-refractivity contribution in [3.05, 3.63) is 77.1 Å². The van der Waals surface area contributed by atoms with Crippen LogP contribution in [0.3, 0.4) is 0 Å². The first-order chi connectivity index (χ1) is 19.3. The Morgan fingerprint density at radius 2 is 1.55 bits per heavy atom. The minimum Gasteiger partial charge on any atom is -0.481 e. The number of imide groups is 1. The van der Waals surface area contributed by atoms with Crippen molar-refractivity contribution in [3.8, 4) is 0 Å². The van der Waals surface area contributed by atoms with Crippen LogP contribution in [0.4, 0.5) is 4.79 Å². The zero-order valence-corrected chi connectivity index (χ0v) is 23.8. The van der Waals surface area contributed by atoms with Gasteiger partial charge >= 0.3 is 17.9 Å². The van der Waals surface area contributed by atoms with Crippen molar-refractivity contribution in [3.63, 3.8) is 0 Å². The molecule has 12 nitrogen and oxygen atoms in total. The largest absolute Gasteiger partial charge is 0.481 e. The topological polar surface area (TPSA) is 148 Å². The summed E-state index contributed by atoms with van der Waals surface area (Å²) in [4.78, 5) is 60.5. The fourth-order valence-electron chi connectivity index (χ4n) is 2.93. The first-order valence-corrected chi connectivity index (χ1v) is 12.9. The van der Waals surface area contributed by atoms with Gasteiger partial charge in [-0.1, -0.05) is 69.5 Å². The predicted octanol–water partition coefficient (Wildman–Crippen LogP) is 6.02. The summed E-state index contributed by atoms with van der Waals surface area (Å²) in [5.74, 6) is -1.31. The standard InChI is InChI=1S/C12H12N2O4.C8H17NO2.C5H5N.C3H6O2/c1-17-13-10(8-9-6-4-3-5-7-9)11(15)14(18-2)12(13)16;1-3-4-5-6-7-8(2)11-9-10;1-2-4-6-5-3-1;1-2-3(4)5/h3-8H,1-2H3;8H,3-7H2,1-2H3;1-5H;2H2,1H3,(H,4,5). The summed E-state index contributed by atoms with van der Waals surface area (Å²) in [6.45, 7) is 5.64. The lowest BCUT2D eigenvalue weighted by Crippen LogP contribution is -2.31. The average Bonchev–Trinajstić information content (AvgIpc) is 3.21. The van der Waals surface area contributed by atoms with E-state index < -0.39 is 17.9 Å². The van der Waals surface area contributed by atoms with Crippen LogP contribution < -0.4 is 0 Å². The van der Waals surface area contributed by atoms with Crippen molar-refractivity contribution in [1.29, 1.82) is 0 Å². The van der Waals surface area contributed by atoms with E-state index in [0.717, 1.165) is 23.5 Å². The van der Waals surface area contributed by atoms with Crippen LogP contribution in [0.2, 0.25) is 0 Å². The van der Waals surface area contributed by atoms with Gasteiger partial charge in [0.05, 0.1) is 14.2 Å². The molecule has 1 unspecified atom stereocenters.